The molecule has 1 N–H and O–H groups in total. The Kier molecular flexibility index (Phi) is 2.90. The van der Waals surface area contributed by atoms with Crippen molar-refractivity contribution in [3.05, 3.63) is 12.2 Å². The van der Waals surface area contributed by atoms with Crippen LogP contribution in [0.25, 0.3) is 0 Å². The fourth-order valence-corrected chi connectivity index (χ4v) is 0.999. The number of carboxylic acids is 1. The lowest BCUT2D eigenvalue weighted by Gasteiger charge is -2.37. The van der Waals surface area contributed by atoms with E-state index in [-0.39, 0.29) is 5.57 Å². The first kappa shape index (κ1) is 10.7. The normalized spacial score (nSPS) is 18.1. The van der Waals surface area contributed by atoms with E-state index in [2.05, 4.69) is 6.58 Å². The zero-order chi connectivity index (χ0) is 10.8. The third kappa shape index (κ3) is 2.56. The highest BCUT2D eigenvalue weighted by molar-refractivity contribution is 5.93. The summed E-state index contributed by atoms with van der Waals surface area (Å²) in [6.07, 6.45) is -0.393. The van der Waals surface area contributed by atoms with Gasteiger partial charge in [0.25, 0.3) is 0 Å². The van der Waals surface area contributed by atoms with E-state index in [1.165, 1.54) is 0 Å². The van der Waals surface area contributed by atoms with Gasteiger partial charge in [-0.2, -0.15) is 0 Å². The lowest BCUT2D eigenvalue weighted by atomic mass is 10.1. The van der Waals surface area contributed by atoms with E-state index >= 15 is 0 Å². The zero-order valence-corrected chi connectivity index (χ0v) is 7.91. The van der Waals surface area contributed by atoms with E-state index in [1.807, 2.05) is 0 Å². The minimum Gasteiger partial charge on any atom is -0.481 e. The van der Waals surface area contributed by atoms with Gasteiger partial charge in [0.1, 0.15) is 0 Å². The Morgan fingerprint density at radius 3 is 2.50 bits per heavy atom. The molecule has 0 aromatic heterocycles. The predicted molar refractivity (Wildman–Crippen MR) is 46.7 cm³/mol. The van der Waals surface area contributed by atoms with E-state index in [1.54, 1.807) is 6.92 Å². The summed E-state index contributed by atoms with van der Waals surface area (Å²) < 4.78 is 9.89. The second-order valence-corrected chi connectivity index (χ2v) is 3.51. The number of carbonyl (C=O) groups is 2. The second kappa shape index (κ2) is 3.79. The van der Waals surface area contributed by atoms with E-state index < -0.39 is 24.0 Å². The van der Waals surface area contributed by atoms with Crippen LogP contribution in [0.5, 0.6) is 0 Å². The monoisotopic (exact) mass is 200 g/mol. The van der Waals surface area contributed by atoms with E-state index in [0.717, 1.165) is 0 Å². The molecule has 1 rings (SSSR count). The van der Waals surface area contributed by atoms with Crippen molar-refractivity contribution >= 4 is 11.9 Å². The lowest BCUT2D eigenvalue weighted by Crippen LogP contribution is -2.50. The van der Waals surface area contributed by atoms with E-state index in [9.17, 15) is 9.59 Å². The van der Waals surface area contributed by atoms with Crippen molar-refractivity contribution in [2.75, 3.05) is 13.2 Å². The number of hydrogen-bond donors (Lipinski definition) is 1. The number of esters is 1. The lowest BCUT2D eigenvalue weighted by molar-refractivity contribution is -0.202. The molecule has 0 radical (unpaired) electrons. The van der Waals surface area contributed by atoms with Crippen LogP contribution in [-0.4, -0.2) is 35.9 Å². The van der Waals surface area contributed by atoms with Gasteiger partial charge in [0, 0.05) is 5.57 Å². The molecule has 0 bridgehead atoms. The average Bonchev–Trinajstić information content (AvgIpc) is 2.00. The first-order valence-corrected chi connectivity index (χ1v) is 4.14. The molecule has 0 unspecified atom stereocenters. The largest absolute Gasteiger partial charge is 0.481 e. The van der Waals surface area contributed by atoms with Crippen molar-refractivity contribution in [2.45, 2.75) is 18.9 Å². The maximum atomic E-state index is 11.2. The fourth-order valence-electron chi connectivity index (χ4n) is 0.999. The summed E-state index contributed by atoms with van der Waals surface area (Å²) in [5, 5.41) is 8.41. The van der Waals surface area contributed by atoms with Gasteiger partial charge in [-0.3, -0.25) is 4.79 Å². The Labute approximate surface area is 81.3 Å². The summed E-state index contributed by atoms with van der Waals surface area (Å²) >= 11 is 0. The van der Waals surface area contributed by atoms with Crippen molar-refractivity contribution in [3.8, 4) is 0 Å². The number of carbonyl (C=O) groups excluding carboxylic acids is 1. The molecule has 1 aliphatic heterocycles. The molecule has 1 aliphatic rings. The molecule has 0 aromatic rings. The number of hydrogen-bond acceptors (Lipinski definition) is 4. The van der Waals surface area contributed by atoms with Crippen LogP contribution in [-0.2, 0) is 19.1 Å². The Morgan fingerprint density at radius 1 is 1.57 bits per heavy atom. The summed E-state index contributed by atoms with van der Waals surface area (Å²) in [7, 11) is 0. The standard InChI is InChI=1S/C9H12O5/c1-6(3-7(10)11)8(12)14-9(2)4-13-5-9/h1,3-5H2,2H3,(H,10,11). The highest BCUT2D eigenvalue weighted by Gasteiger charge is 2.37. The van der Waals surface area contributed by atoms with Gasteiger partial charge in [-0.15, -0.1) is 0 Å². The number of aliphatic carboxylic acids is 1. The Balaban J connectivity index is 2.41. The molecule has 0 spiro atoms. The van der Waals surface area contributed by atoms with Crippen molar-refractivity contribution in [2.24, 2.45) is 0 Å². The van der Waals surface area contributed by atoms with Crippen LogP contribution in [0, 0.1) is 0 Å². The van der Waals surface area contributed by atoms with Gasteiger partial charge in [0.15, 0.2) is 5.60 Å². The predicted octanol–water partition coefficient (Wildman–Crippen LogP) is 0.349. The molecule has 1 fully saturated rings. The minimum atomic E-state index is -1.10. The molecule has 5 nitrogen and oxygen atoms in total. The quantitative estimate of drug-likeness (QED) is 0.523. The average molecular weight is 200 g/mol. The maximum absolute atomic E-state index is 11.2. The van der Waals surface area contributed by atoms with Crippen LogP contribution in [0.3, 0.4) is 0 Å². The van der Waals surface area contributed by atoms with Crippen molar-refractivity contribution in [3.63, 3.8) is 0 Å². The summed E-state index contributed by atoms with van der Waals surface area (Å²) in [4.78, 5) is 21.5. The number of ether oxygens (including phenoxy) is 2. The molecule has 1 saturated heterocycles. The van der Waals surface area contributed by atoms with Crippen LogP contribution in [0.15, 0.2) is 12.2 Å². The third-order valence-corrected chi connectivity index (χ3v) is 1.81. The Morgan fingerprint density at radius 2 is 2.14 bits per heavy atom. The third-order valence-electron chi connectivity index (χ3n) is 1.81. The fraction of sp³-hybridized carbons (Fsp3) is 0.556. The molecule has 0 saturated carbocycles. The van der Waals surface area contributed by atoms with Gasteiger partial charge in [0.2, 0.25) is 0 Å². The first-order chi connectivity index (χ1) is 6.43. The van der Waals surface area contributed by atoms with Gasteiger partial charge < -0.3 is 14.6 Å². The molecule has 0 aliphatic carbocycles. The Bertz CT molecular complexity index is 277. The van der Waals surface area contributed by atoms with E-state index in [4.69, 9.17) is 14.6 Å². The highest BCUT2D eigenvalue weighted by Crippen LogP contribution is 2.22. The molecule has 1 heterocycles. The molecule has 5 heteroatoms. The van der Waals surface area contributed by atoms with Gasteiger partial charge >= 0.3 is 11.9 Å². The molecule has 0 amide bonds. The Hall–Kier alpha value is -1.36. The molecule has 0 aromatic carbocycles. The zero-order valence-electron chi connectivity index (χ0n) is 7.91. The summed E-state index contributed by atoms with van der Waals surface area (Å²) in [6.45, 7) is 5.76. The second-order valence-electron chi connectivity index (χ2n) is 3.51. The van der Waals surface area contributed by atoms with Crippen LogP contribution in [0.1, 0.15) is 13.3 Å². The first-order valence-electron chi connectivity index (χ1n) is 4.14. The van der Waals surface area contributed by atoms with Crippen molar-refractivity contribution in [1.82, 2.24) is 0 Å². The summed E-state index contributed by atoms with van der Waals surface area (Å²) in [5.74, 6) is -1.76. The number of rotatable bonds is 4. The van der Waals surface area contributed by atoms with Crippen LogP contribution in [0.4, 0.5) is 0 Å². The molecule has 0 atom stereocenters. The molecule has 78 valence electrons. The minimum absolute atomic E-state index is 0.0503. The molecular formula is C9H12O5. The van der Waals surface area contributed by atoms with E-state index in [0.29, 0.717) is 13.2 Å². The van der Waals surface area contributed by atoms with Crippen molar-refractivity contribution in [1.29, 1.82) is 0 Å². The van der Waals surface area contributed by atoms with Gasteiger partial charge in [0.05, 0.1) is 19.6 Å². The number of carboxylic acid groups (broad SMARTS) is 1. The van der Waals surface area contributed by atoms with Gasteiger partial charge in [-0.25, -0.2) is 4.79 Å². The molecular weight excluding hydrogens is 188 g/mol. The van der Waals surface area contributed by atoms with Crippen LogP contribution in [0.2, 0.25) is 0 Å². The van der Waals surface area contributed by atoms with Gasteiger partial charge in [-0.1, -0.05) is 6.58 Å². The summed E-state index contributed by atoms with van der Waals surface area (Å²) in [6, 6.07) is 0. The van der Waals surface area contributed by atoms with Gasteiger partial charge in [-0.05, 0) is 6.92 Å². The molecule has 14 heavy (non-hydrogen) atoms. The van der Waals surface area contributed by atoms with Crippen molar-refractivity contribution < 1.29 is 24.2 Å². The maximum Gasteiger partial charge on any atom is 0.334 e. The highest BCUT2D eigenvalue weighted by atomic mass is 16.6. The SMILES string of the molecule is C=C(CC(=O)O)C(=O)OC1(C)COC1. The topological polar surface area (TPSA) is 72.8 Å². The smallest absolute Gasteiger partial charge is 0.334 e. The summed E-state index contributed by atoms with van der Waals surface area (Å²) in [5.41, 5.74) is -0.663. The van der Waals surface area contributed by atoms with Crippen LogP contribution >= 0.6 is 0 Å². The van der Waals surface area contributed by atoms with Crippen LogP contribution < -0.4 is 0 Å².